The predicted molar refractivity (Wildman–Crippen MR) is 125 cm³/mol. The number of halogens is 6. The molecule has 3 aromatic rings. The number of fused-ring (bicyclic) bond motifs is 1. The SMILES string of the molecule is CCCCCC1COC(c2ccc3c(F)c(CCc4cc(F)c(C(F)(F)F)c(F)c4)ccc3c2)OC1. The molecule has 0 aromatic heterocycles. The van der Waals surface area contributed by atoms with Gasteiger partial charge in [0, 0.05) is 16.9 Å². The maximum atomic E-state index is 15.2. The first kappa shape index (κ1) is 26.5. The molecule has 0 saturated carbocycles. The zero-order chi connectivity index (χ0) is 25.9. The van der Waals surface area contributed by atoms with Gasteiger partial charge in [-0.25, -0.2) is 13.2 Å². The lowest BCUT2D eigenvalue weighted by Gasteiger charge is -2.29. The van der Waals surface area contributed by atoms with Crippen LogP contribution in [0.2, 0.25) is 0 Å². The van der Waals surface area contributed by atoms with E-state index in [4.69, 9.17) is 9.47 Å². The highest BCUT2D eigenvalue weighted by molar-refractivity contribution is 5.84. The summed E-state index contributed by atoms with van der Waals surface area (Å²) in [6.07, 6.45) is -1.01. The van der Waals surface area contributed by atoms with E-state index in [2.05, 4.69) is 6.92 Å². The van der Waals surface area contributed by atoms with E-state index in [1.54, 1.807) is 24.3 Å². The van der Waals surface area contributed by atoms with Crippen LogP contribution in [-0.4, -0.2) is 13.2 Å². The van der Waals surface area contributed by atoms with E-state index in [0.717, 1.165) is 18.4 Å². The molecule has 0 N–H and O–H groups in total. The van der Waals surface area contributed by atoms with Gasteiger partial charge in [-0.3, -0.25) is 0 Å². The number of unbranched alkanes of at least 4 members (excludes halogenated alkanes) is 2. The topological polar surface area (TPSA) is 18.5 Å². The summed E-state index contributed by atoms with van der Waals surface area (Å²) in [5.41, 5.74) is -0.808. The summed E-state index contributed by atoms with van der Waals surface area (Å²) in [5, 5.41) is 1.02. The van der Waals surface area contributed by atoms with Crippen LogP contribution in [0.3, 0.4) is 0 Å². The third-order valence-electron chi connectivity index (χ3n) is 6.58. The highest BCUT2D eigenvalue weighted by atomic mass is 19.4. The highest BCUT2D eigenvalue weighted by Gasteiger charge is 2.37. The zero-order valence-corrected chi connectivity index (χ0v) is 19.9. The van der Waals surface area contributed by atoms with E-state index in [9.17, 15) is 22.0 Å². The quantitative estimate of drug-likeness (QED) is 0.224. The molecule has 1 saturated heterocycles. The lowest BCUT2D eigenvalue weighted by molar-refractivity contribution is -0.206. The third kappa shape index (κ3) is 6.03. The summed E-state index contributed by atoms with van der Waals surface area (Å²) in [5.74, 6) is -3.46. The lowest BCUT2D eigenvalue weighted by Crippen LogP contribution is -2.27. The van der Waals surface area contributed by atoms with Crippen molar-refractivity contribution in [3.63, 3.8) is 0 Å². The zero-order valence-electron chi connectivity index (χ0n) is 19.9. The number of benzene rings is 3. The minimum atomic E-state index is -5.12. The van der Waals surface area contributed by atoms with Crippen molar-refractivity contribution in [2.45, 2.75) is 57.9 Å². The molecule has 194 valence electrons. The molecule has 0 aliphatic carbocycles. The van der Waals surface area contributed by atoms with Crippen LogP contribution in [0, 0.1) is 23.4 Å². The maximum absolute atomic E-state index is 15.2. The molecule has 1 aliphatic rings. The van der Waals surface area contributed by atoms with Gasteiger partial charge in [0.25, 0.3) is 0 Å². The van der Waals surface area contributed by atoms with Crippen molar-refractivity contribution in [1.29, 1.82) is 0 Å². The summed E-state index contributed by atoms with van der Waals surface area (Å²) in [4.78, 5) is 0. The molecular formula is C28H28F6O2. The molecule has 0 radical (unpaired) electrons. The summed E-state index contributed by atoms with van der Waals surface area (Å²) >= 11 is 0. The Kier molecular flexibility index (Phi) is 8.25. The van der Waals surface area contributed by atoms with Crippen molar-refractivity contribution in [3.05, 3.63) is 82.2 Å². The van der Waals surface area contributed by atoms with Crippen LogP contribution in [0.15, 0.2) is 42.5 Å². The van der Waals surface area contributed by atoms with Gasteiger partial charge in [-0.2, -0.15) is 13.2 Å². The van der Waals surface area contributed by atoms with Crippen molar-refractivity contribution < 1.29 is 35.8 Å². The molecule has 3 aromatic carbocycles. The van der Waals surface area contributed by atoms with Crippen LogP contribution in [0.4, 0.5) is 26.3 Å². The smallest absolute Gasteiger partial charge is 0.348 e. The Balaban J connectivity index is 1.43. The fourth-order valence-electron chi connectivity index (χ4n) is 4.60. The second-order valence-corrected chi connectivity index (χ2v) is 9.31. The number of hydrogen-bond acceptors (Lipinski definition) is 2. The average Bonchev–Trinajstić information content (AvgIpc) is 2.83. The Morgan fingerprint density at radius 1 is 0.861 bits per heavy atom. The van der Waals surface area contributed by atoms with Gasteiger partial charge in [0.15, 0.2) is 6.29 Å². The van der Waals surface area contributed by atoms with E-state index in [1.165, 1.54) is 12.8 Å². The first-order valence-electron chi connectivity index (χ1n) is 12.2. The highest BCUT2D eigenvalue weighted by Crippen LogP contribution is 2.35. The second kappa shape index (κ2) is 11.2. The molecule has 1 fully saturated rings. The molecule has 8 heteroatoms. The summed E-state index contributed by atoms with van der Waals surface area (Å²) in [6, 6.07) is 9.81. The summed E-state index contributed by atoms with van der Waals surface area (Å²) in [6.45, 7) is 3.40. The van der Waals surface area contributed by atoms with Gasteiger partial charge < -0.3 is 9.47 Å². The molecule has 4 rings (SSSR count). The largest absolute Gasteiger partial charge is 0.422 e. The lowest BCUT2D eigenvalue weighted by atomic mass is 9.98. The monoisotopic (exact) mass is 510 g/mol. The Labute approximate surface area is 206 Å². The van der Waals surface area contributed by atoms with Crippen molar-refractivity contribution >= 4 is 10.8 Å². The molecule has 2 nitrogen and oxygen atoms in total. The molecule has 0 atom stereocenters. The number of hydrogen-bond donors (Lipinski definition) is 0. The molecule has 1 heterocycles. The standard InChI is InChI=1S/C28H28F6O2/c1-2-3-4-5-18-15-35-27(36-16-18)21-10-11-22-20(14-21)9-8-19(26(22)31)7-6-17-12-23(29)25(24(30)13-17)28(32,33)34/h8-14,18,27H,2-7,15-16H2,1H3. The fourth-order valence-corrected chi connectivity index (χ4v) is 4.60. The van der Waals surface area contributed by atoms with Gasteiger partial charge in [0.05, 0.1) is 13.2 Å². The molecular weight excluding hydrogens is 482 g/mol. The van der Waals surface area contributed by atoms with Crippen LogP contribution in [0.1, 0.15) is 61.2 Å². The third-order valence-corrected chi connectivity index (χ3v) is 6.58. The Hall–Kier alpha value is -2.58. The molecule has 0 bridgehead atoms. The van der Waals surface area contributed by atoms with E-state index in [1.807, 2.05) is 6.07 Å². The maximum Gasteiger partial charge on any atom is 0.422 e. The molecule has 0 unspecified atom stereocenters. The molecule has 1 aliphatic heterocycles. The molecule has 0 spiro atoms. The van der Waals surface area contributed by atoms with Crippen molar-refractivity contribution in [2.75, 3.05) is 13.2 Å². The average molecular weight is 511 g/mol. The fraction of sp³-hybridized carbons (Fsp3) is 0.429. The van der Waals surface area contributed by atoms with Crippen LogP contribution in [0.25, 0.3) is 10.8 Å². The Morgan fingerprint density at radius 3 is 2.19 bits per heavy atom. The number of rotatable bonds is 8. The van der Waals surface area contributed by atoms with Gasteiger partial charge in [0.2, 0.25) is 0 Å². The summed E-state index contributed by atoms with van der Waals surface area (Å²) in [7, 11) is 0. The second-order valence-electron chi connectivity index (χ2n) is 9.31. The Morgan fingerprint density at radius 2 is 1.56 bits per heavy atom. The van der Waals surface area contributed by atoms with Crippen LogP contribution in [-0.2, 0) is 28.5 Å². The van der Waals surface area contributed by atoms with E-state index >= 15 is 4.39 Å². The normalized spacial score (nSPS) is 18.6. The number of alkyl halides is 3. The van der Waals surface area contributed by atoms with Crippen LogP contribution < -0.4 is 0 Å². The minimum absolute atomic E-state index is 0.0182. The van der Waals surface area contributed by atoms with E-state index in [-0.39, 0.29) is 18.4 Å². The van der Waals surface area contributed by atoms with Gasteiger partial charge in [-0.05, 0) is 54.0 Å². The van der Waals surface area contributed by atoms with Gasteiger partial charge in [0.1, 0.15) is 23.0 Å². The molecule has 36 heavy (non-hydrogen) atoms. The first-order chi connectivity index (χ1) is 17.2. The van der Waals surface area contributed by atoms with Gasteiger partial charge >= 0.3 is 6.18 Å². The van der Waals surface area contributed by atoms with Crippen LogP contribution >= 0.6 is 0 Å². The van der Waals surface area contributed by atoms with Gasteiger partial charge in [-0.15, -0.1) is 0 Å². The van der Waals surface area contributed by atoms with Crippen LogP contribution in [0.5, 0.6) is 0 Å². The van der Waals surface area contributed by atoms with Crippen molar-refractivity contribution in [3.8, 4) is 0 Å². The summed E-state index contributed by atoms with van der Waals surface area (Å²) < 4.78 is 93.0. The van der Waals surface area contributed by atoms with Crippen molar-refractivity contribution in [1.82, 2.24) is 0 Å². The van der Waals surface area contributed by atoms with Gasteiger partial charge in [-0.1, -0.05) is 50.5 Å². The van der Waals surface area contributed by atoms with Crippen molar-refractivity contribution in [2.24, 2.45) is 5.92 Å². The minimum Gasteiger partial charge on any atom is -0.348 e. The Bertz CT molecular complexity index is 1180. The molecule has 0 amide bonds. The number of aryl methyl sites for hydroxylation is 2. The van der Waals surface area contributed by atoms with E-state index in [0.29, 0.717) is 47.6 Å². The number of ether oxygens (including phenoxy) is 2. The predicted octanol–water partition coefficient (Wildman–Crippen LogP) is 8.30. The van der Waals surface area contributed by atoms with E-state index < -0.39 is 35.5 Å². The first-order valence-corrected chi connectivity index (χ1v) is 12.2.